The Balaban J connectivity index is 1.65. The van der Waals surface area contributed by atoms with E-state index in [-0.39, 0.29) is 11.6 Å². The molecule has 0 aliphatic rings. The van der Waals surface area contributed by atoms with E-state index in [1.54, 1.807) is 24.4 Å². The van der Waals surface area contributed by atoms with Gasteiger partial charge in [-0.1, -0.05) is 12.1 Å². The van der Waals surface area contributed by atoms with E-state index in [0.717, 1.165) is 11.0 Å². The second-order valence-electron chi connectivity index (χ2n) is 5.13. The van der Waals surface area contributed by atoms with Crippen molar-refractivity contribution in [3.05, 3.63) is 60.6 Å². The second kappa shape index (κ2) is 5.62. The van der Waals surface area contributed by atoms with E-state index in [2.05, 4.69) is 20.3 Å². The van der Waals surface area contributed by atoms with Crippen LogP contribution in [0.4, 0.5) is 5.69 Å². The molecule has 0 saturated heterocycles. The Hall–Kier alpha value is -3.48. The van der Waals surface area contributed by atoms with Crippen LogP contribution in [0.15, 0.2) is 54.9 Å². The molecular formula is C17H13N5O2. The number of carbonyl (C=O) groups excluding carboxylic acids is 1. The van der Waals surface area contributed by atoms with E-state index < -0.39 is 0 Å². The Morgan fingerprint density at radius 2 is 2.00 bits per heavy atom. The molecule has 0 unspecified atom stereocenters. The van der Waals surface area contributed by atoms with E-state index >= 15 is 0 Å². The molecule has 0 spiro atoms. The summed E-state index contributed by atoms with van der Waals surface area (Å²) in [6, 6.07) is 12.8. The van der Waals surface area contributed by atoms with Gasteiger partial charge in [-0.15, -0.1) is 0 Å². The van der Waals surface area contributed by atoms with Gasteiger partial charge >= 0.3 is 0 Å². The molecule has 0 atom stereocenters. The molecule has 7 heteroatoms. The van der Waals surface area contributed by atoms with Gasteiger partial charge in [0.25, 0.3) is 5.91 Å². The number of para-hydroxylation sites is 2. The third-order valence-corrected chi connectivity index (χ3v) is 3.62. The maximum Gasteiger partial charge on any atom is 0.274 e. The summed E-state index contributed by atoms with van der Waals surface area (Å²) < 4.78 is 6.84. The van der Waals surface area contributed by atoms with Gasteiger partial charge in [-0.25, -0.2) is 15.0 Å². The van der Waals surface area contributed by atoms with Gasteiger partial charge in [0.1, 0.15) is 5.69 Å². The SMILES string of the molecule is COc1ccc(NC(=O)c2ccn3c(n2)nc2ccccc23)cn1. The Bertz CT molecular complexity index is 1040. The van der Waals surface area contributed by atoms with Crippen LogP contribution in [-0.2, 0) is 0 Å². The number of rotatable bonds is 3. The van der Waals surface area contributed by atoms with Crippen molar-refractivity contribution < 1.29 is 9.53 Å². The van der Waals surface area contributed by atoms with Gasteiger partial charge in [0.15, 0.2) is 0 Å². The predicted octanol–water partition coefficient (Wildman–Crippen LogP) is 2.54. The Morgan fingerprint density at radius 3 is 2.79 bits per heavy atom. The van der Waals surface area contributed by atoms with Gasteiger partial charge in [0.2, 0.25) is 11.7 Å². The quantitative estimate of drug-likeness (QED) is 0.627. The lowest BCUT2D eigenvalue weighted by molar-refractivity contribution is 0.102. The monoisotopic (exact) mass is 319 g/mol. The largest absolute Gasteiger partial charge is 0.481 e. The molecule has 118 valence electrons. The number of carbonyl (C=O) groups is 1. The highest BCUT2D eigenvalue weighted by Gasteiger charge is 2.11. The third kappa shape index (κ3) is 2.41. The number of fused-ring (bicyclic) bond motifs is 3. The van der Waals surface area contributed by atoms with Crippen LogP contribution >= 0.6 is 0 Å². The molecule has 4 aromatic rings. The molecule has 24 heavy (non-hydrogen) atoms. The van der Waals surface area contributed by atoms with Gasteiger partial charge in [-0.2, -0.15) is 0 Å². The third-order valence-electron chi connectivity index (χ3n) is 3.62. The van der Waals surface area contributed by atoms with E-state index in [4.69, 9.17) is 4.74 Å². The molecule has 0 bridgehead atoms. The molecule has 3 heterocycles. The summed E-state index contributed by atoms with van der Waals surface area (Å²) in [6.45, 7) is 0. The Labute approximate surface area is 137 Å². The fourth-order valence-electron chi connectivity index (χ4n) is 2.44. The minimum absolute atomic E-state index is 0.286. The summed E-state index contributed by atoms with van der Waals surface area (Å²) in [5.74, 6) is 0.643. The summed E-state index contributed by atoms with van der Waals surface area (Å²) >= 11 is 0. The predicted molar refractivity (Wildman–Crippen MR) is 89.2 cm³/mol. The number of nitrogens with zero attached hydrogens (tertiary/aromatic N) is 4. The number of amides is 1. The van der Waals surface area contributed by atoms with Crippen molar-refractivity contribution in [1.82, 2.24) is 19.4 Å². The van der Waals surface area contributed by atoms with Gasteiger partial charge < -0.3 is 10.1 Å². The lowest BCUT2D eigenvalue weighted by Crippen LogP contribution is -2.14. The lowest BCUT2D eigenvalue weighted by Gasteiger charge is -2.05. The first-order chi connectivity index (χ1) is 11.7. The van der Waals surface area contributed by atoms with Crippen LogP contribution in [0.2, 0.25) is 0 Å². The van der Waals surface area contributed by atoms with Gasteiger partial charge in [-0.05, 0) is 24.3 Å². The molecule has 0 radical (unpaired) electrons. The van der Waals surface area contributed by atoms with E-state index in [1.807, 2.05) is 28.7 Å². The molecule has 1 aromatic carbocycles. The number of nitrogens with one attached hydrogen (secondary N) is 1. The first kappa shape index (κ1) is 14.1. The van der Waals surface area contributed by atoms with Crippen LogP contribution < -0.4 is 10.1 Å². The molecule has 0 fully saturated rings. The highest BCUT2D eigenvalue weighted by Crippen LogP contribution is 2.16. The number of methoxy groups -OCH3 is 1. The first-order valence-corrected chi connectivity index (χ1v) is 7.30. The number of pyridine rings is 1. The highest BCUT2D eigenvalue weighted by molar-refractivity contribution is 6.03. The number of hydrogen-bond acceptors (Lipinski definition) is 5. The molecule has 1 amide bonds. The molecule has 4 rings (SSSR count). The summed E-state index contributed by atoms with van der Waals surface area (Å²) in [7, 11) is 1.54. The molecular weight excluding hydrogens is 306 g/mol. The van der Waals surface area contributed by atoms with Gasteiger partial charge in [-0.3, -0.25) is 9.20 Å². The topological polar surface area (TPSA) is 81.4 Å². The summed E-state index contributed by atoms with van der Waals surface area (Å²) in [4.78, 5) is 25.2. The Kier molecular flexibility index (Phi) is 3.31. The van der Waals surface area contributed by atoms with Gasteiger partial charge in [0.05, 0.1) is 30.0 Å². The minimum Gasteiger partial charge on any atom is -0.481 e. The Morgan fingerprint density at radius 1 is 1.12 bits per heavy atom. The van der Waals surface area contributed by atoms with Crippen LogP contribution in [-0.4, -0.2) is 32.4 Å². The van der Waals surface area contributed by atoms with E-state index in [9.17, 15) is 4.79 Å². The second-order valence-corrected chi connectivity index (χ2v) is 5.13. The maximum atomic E-state index is 12.4. The van der Waals surface area contributed by atoms with Crippen LogP contribution in [0.25, 0.3) is 16.8 Å². The standard InChI is InChI=1S/C17H13N5O2/c1-24-15-7-6-11(10-18-15)19-16(23)13-8-9-22-14-5-3-2-4-12(14)20-17(22)21-13/h2-10H,1H3,(H,19,23). The number of ether oxygens (including phenoxy) is 1. The van der Waals surface area contributed by atoms with Crippen LogP contribution in [0, 0.1) is 0 Å². The zero-order chi connectivity index (χ0) is 16.5. The molecule has 7 nitrogen and oxygen atoms in total. The average Bonchev–Trinajstić information content (AvgIpc) is 3.00. The summed E-state index contributed by atoms with van der Waals surface area (Å²) in [5.41, 5.74) is 2.64. The van der Waals surface area contributed by atoms with Crippen molar-refractivity contribution in [2.45, 2.75) is 0 Å². The number of anilines is 1. The van der Waals surface area contributed by atoms with Crippen LogP contribution in [0.3, 0.4) is 0 Å². The lowest BCUT2D eigenvalue weighted by atomic mass is 10.3. The number of benzene rings is 1. The fourth-order valence-corrected chi connectivity index (χ4v) is 2.44. The fraction of sp³-hybridized carbons (Fsp3) is 0.0588. The van der Waals surface area contributed by atoms with E-state index in [1.165, 1.54) is 13.3 Å². The minimum atomic E-state index is -0.323. The van der Waals surface area contributed by atoms with Crippen molar-refractivity contribution in [3.63, 3.8) is 0 Å². The van der Waals surface area contributed by atoms with Crippen LogP contribution in [0.5, 0.6) is 5.88 Å². The molecule has 0 saturated carbocycles. The smallest absolute Gasteiger partial charge is 0.274 e. The maximum absolute atomic E-state index is 12.4. The zero-order valence-electron chi connectivity index (χ0n) is 12.8. The molecule has 3 aromatic heterocycles. The molecule has 0 aliphatic heterocycles. The van der Waals surface area contributed by atoms with Crippen molar-refractivity contribution in [3.8, 4) is 5.88 Å². The van der Waals surface area contributed by atoms with Crippen molar-refractivity contribution >= 4 is 28.4 Å². The van der Waals surface area contributed by atoms with Gasteiger partial charge in [0, 0.05) is 12.3 Å². The normalized spacial score (nSPS) is 10.9. The van der Waals surface area contributed by atoms with Crippen molar-refractivity contribution in [2.24, 2.45) is 0 Å². The number of imidazole rings is 1. The van der Waals surface area contributed by atoms with Crippen LogP contribution in [0.1, 0.15) is 10.5 Å². The average molecular weight is 319 g/mol. The highest BCUT2D eigenvalue weighted by atomic mass is 16.5. The van der Waals surface area contributed by atoms with Crippen molar-refractivity contribution in [2.75, 3.05) is 12.4 Å². The summed E-state index contributed by atoms with van der Waals surface area (Å²) in [6.07, 6.45) is 3.32. The molecule has 0 aliphatic carbocycles. The zero-order valence-corrected chi connectivity index (χ0v) is 12.8. The van der Waals surface area contributed by atoms with Crippen molar-refractivity contribution in [1.29, 1.82) is 0 Å². The molecule has 1 N–H and O–H groups in total. The number of aromatic nitrogens is 4. The first-order valence-electron chi connectivity index (χ1n) is 7.30. The number of hydrogen-bond donors (Lipinski definition) is 1. The van der Waals surface area contributed by atoms with E-state index in [0.29, 0.717) is 17.3 Å². The summed E-state index contributed by atoms with van der Waals surface area (Å²) in [5, 5.41) is 2.75.